The van der Waals surface area contributed by atoms with E-state index in [0.717, 1.165) is 5.56 Å². The van der Waals surface area contributed by atoms with Crippen LogP contribution in [0.25, 0.3) is 0 Å². The molecule has 0 unspecified atom stereocenters. The Labute approximate surface area is 204 Å². The SMILES string of the molecule is Cc1ccc(NC(=O)C(=O)N/N=C\c2cc(Cl)ccc2OCc2c(F)cccc2Cl)cc1Cl. The molecular weight excluding hydrogens is 492 g/mol. The zero-order valence-electron chi connectivity index (χ0n) is 17.2. The Morgan fingerprint density at radius 1 is 1.03 bits per heavy atom. The largest absolute Gasteiger partial charge is 0.488 e. The van der Waals surface area contributed by atoms with Crippen LogP contribution in [0.4, 0.5) is 10.1 Å². The molecule has 33 heavy (non-hydrogen) atoms. The Morgan fingerprint density at radius 3 is 2.55 bits per heavy atom. The quantitative estimate of drug-likeness (QED) is 0.252. The summed E-state index contributed by atoms with van der Waals surface area (Å²) in [5, 5.41) is 7.27. The summed E-state index contributed by atoms with van der Waals surface area (Å²) in [6, 6.07) is 13.9. The van der Waals surface area contributed by atoms with Gasteiger partial charge in [0.15, 0.2) is 0 Å². The van der Waals surface area contributed by atoms with Crippen LogP contribution >= 0.6 is 34.8 Å². The molecule has 10 heteroatoms. The summed E-state index contributed by atoms with van der Waals surface area (Å²) in [6.07, 6.45) is 1.25. The molecule has 0 spiro atoms. The Balaban J connectivity index is 1.65. The predicted octanol–water partition coefficient (Wildman–Crippen LogP) is 5.76. The van der Waals surface area contributed by atoms with Crippen molar-refractivity contribution in [2.45, 2.75) is 13.5 Å². The van der Waals surface area contributed by atoms with Crippen molar-refractivity contribution in [2.75, 3.05) is 5.32 Å². The highest BCUT2D eigenvalue weighted by Crippen LogP contribution is 2.25. The molecule has 0 atom stereocenters. The molecule has 2 amide bonds. The highest BCUT2D eigenvalue weighted by Gasteiger charge is 2.14. The Bertz CT molecular complexity index is 1210. The molecule has 0 saturated carbocycles. The molecule has 6 nitrogen and oxygen atoms in total. The third-order valence-corrected chi connectivity index (χ3v) is 5.41. The van der Waals surface area contributed by atoms with Gasteiger partial charge < -0.3 is 10.1 Å². The van der Waals surface area contributed by atoms with E-state index < -0.39 is 17.6 Å². The van der Waals surface area contributed by atoms with Gasteiger partial charge in [-0.1, -0.05) is 46.9 Å². The van der Waals surface area contributed by atoms with Gasteiger partial charge >= 0.3 is 11.8 Å². The fraction of sp³-hybridized carbons (Fsp3) is 0.0870. The third kappa shape index (κ3) is 6.68. The lowest BCUT2D eigenvalue weighted by atomic mass is 10.2. The van der Waals surface area contributed by atoms with E-state index >= 15 is 0 Å². The number of amides is 2. The fourth-order valence-corrected chi connectivity index (χ4v) is 3.22. The first-order valence-corrected chi connectivity index (χ1v) is 10.6. The number of anilines is 1. The summed E-state index contributed by atoms with van der Waals surface area (Å²) in [7, 11) is 0. The number of hydrogen-bond donors (Lipinski definition) is 2. The maximum Gasteiger partial charge on any atom is 0.329 e. The summed E-state index contributed by atoms with van der Waals surface area (Å²) < 4.78 is 19.6. The number of ether oxygens (including phenoxy) is 1. The molecule has 0 aliphatic heterocycles. The third-order valence-electron chi connectivity index (χ3n) is 4.41. The number of nitrogens with zero attached hydrogens (tertiary/aromatic N) is 1. The van der Waals surface area contributed by atoms with Gasteiger partial charge in [-0.05, 0) is 55.0 Å². The monoisotopic (exact) mass is 507 g/mol. The molecule has 0 heterocycles. The van der Waals surface area contributed by atoms with Gasteiger partial charge in [0.1, 0.15) is 18.2 Å². The molecule has 3 rings (SSSR count). The van der Waals surface area contributed by atoms with E-state index in [0.29, 0.717) is 27.0 Å². The predicted molar refractivity (Wildman–Crippen MR) is 128 cm³/mol. The van der Waals surface area contributed by atoms with Crippen LogP contribution in [0.1, 0.15) is 16.7 Å². The smallest absolute Gasteiger partial charge is 0.329 e. The first-order chi connectivity index (χ1) is 15.7. The van der Waals surface area contributed by atoms with E-state index in [1.54, 1.807) is 30.3 Å². The normalized spacial score (nSPS) is 10.8. The Hall–Kier alpha value is -3.13. The molecule has 0 fully saturated rings. The van der Waals surface area contributed by atoms with Crippen LogP contribution < -0.4 is 15.5 Å². The van der Waals surface area contributed by atoms with Crippen LogP contribution in [0.15, 0.2) is 59.7 Å². The zero-order valence-corrected chi connectivity index (χ0v) is 19.4. The van der Waals surface area contributed by atoms with E-state index in [4.69, 9.17) is 39.5 Å². The summed E-state index contributed by atoms with van der Waals surface area (Å²) in [5.74, 6) is -2.11. The van der Waals surface area contributed by atoms with Crippen molar-refractivity contribution in [2.24, 2.45) is 5.10 Å². The number of aryl methyl sites for hydroxylation is 1. The zero-order chi connectivity index (χ0) is 24.0. The number of rotatable bonds is 6. The summed E-state index contributed by atoms with van der Waals surface area (Å²) in [5.41, 5.74) is 3.91. The van der Waals surface area contributed by atoms with Gasteiger partial charge in [0.25, 0.3) is 0 Å². The van der Waals surface area contributed by atoms with Crippen LogP contribution in [0.5, 0.6) is 5.75 Å². The minimum atomic E-state index is -0.995. The van der Waals surface area contributed by atoms with Crippen molar-refractivity contribution in [3.05, 3.63) is 92.2 Å². The molecule has 0 aliphatic carbocycles. The molecule has 3 aromatic carbocycles. The first kappa shape index (κ1) is 24.5. The highest BCUT2D eigenvalue weighted by atomic mass is 35.5. The number of carbonyl (C=O) groups excluding carboxylic acids is 2. The van der Waals surface area contributed by atoms with Crippen molar-refractivity contribution >= 4 is 58.5 Å². The van der Waals surface area contributed by atoms with Crippen molar-refractivity contribution in [3.8, 4) is 5.75 Å². The lowest BCUT2D eigenvalue weighted by molar-refractivity contribution is -0.136. The Morgan fingerprint density at radius 2 is 1.82 bits per heavy atom. The van der Waals surface area contributed by atoms with Crippen LogP contribution in [-0.2, 0) is 16.2 Å². The van der Waals surface area contributed by atoms with Crippen molar-refractivity contribution < 1.29 is 18.7 Å². The van der Waals surface area contributed by atoms with Gasteiger partial charge in [-0.15, -0.1) is 0 Å². The number of halogens is 4. The molecule has 0 saturated heterocycles. The maximum atomic E-state index is 14.0. The molecule has 2 N–H and O–H groups in total. The minimum absolute atomic E-state index is 0.137. The molecular formula is C23H17Cl3FN3O3. The number of hydrazone groups is 1. The molecule has 0 aliphatic rings. The number of carbonyl (C=O) groups is 2. The second-order valence-electron chi connectivity index (χ2n) is 6.79. The van der Waals surface area contributed by atoms with Gasteiger partial charge in [0, 0.05) is 26.9 Å². The van der Waals surface area contributed by atoms with Gasteiger partial charge in [-0.2, -0.15) is 5.10 Å². The average molecular weight is 509 g/mol. The van der Waals surface area contributed by atoms with E-state index in [-0.39, 0.29) is 17.2 Å². The van der Waals surface area contributed by atoms with Crippen molar-refractivity contribution in [1.82, 2.24) is 5.43 Å². The van der Waals surface area contributed by atoms with Crippen molar-refractivity contribution in [3.63, 3.8) is 0 Å². The minimum Gasteiger partial charge on any atom is -0.488 e. The average Bonchev–Trinajstić information content (AvgIpc) is 2.77. The van der Waals surface area contributed by atoms with Gasteiger partial charge in [-0.25, -0.2) is 9.82 Å². The molecule has 0 radical (unpaired) electrons. The van der Waals surface area contributed by atoms with E-state index in [1.807, 2.05) is 6.92 Å². The number of benzene rings is 3. The molecule has 170 valence electrons. The van der Waals surface area contributed by atoms with E-state index in [1.165, 1.54) is 30.5 Å². The maximum absolute atomic E-state index is 14.0. The van der Waals surface area contributed by atoms with Crippen LogP contribution in [0, 0.1) is 12.7 Å². The second kappa shape index (κ2) is 11.1. The lowest BCUT2D eigenvalue weighted by Gasteiger charge is -2.11. The lowest BCUT2D eigenvalue weighted by Crippen LogP contribution is -2.32. The highest BCUT2D eigenvalue weighted by molar-refractivity contribution is 6.40. The standard InChI is InChI=1S/C23H17Cl3FN3O3/c1-13-5-7-16(10-19(13)26)29-22(31)23(32)30-28-11-14-9-15(24)6-8-21(14)33-12-17-18(25)3-2-4-20(17)27/h2-11H,12H2,1H3,(H,29,31)(H,30,32)/b28-11-. The van der Waals surface area contributed by atoms with Crippen LogP contribution in [-0.4, -0.2) is 18.0 Å². The summed E-state index contributed by atoms with van der Waals surface area (Å²) in [6.45, 7) is 1.68. The summed E-state index contributed by atoms with van der Waals surface area (Å²) in [4.78, 5) is 24.1. The van der Waals surface area contributed by atoms with Crippen molar-refractivity contribution in [1.29, 1.82) is 0 Å². The molecule has 0 aromatic heterocycles. The number of hydrogen-bond acceptors (Lipinski definition) is 4. The fourth-order valence-electron chi connectivity index (χ4n) is 2.64. The van der Waals surface area contributed by atoms with Gasteiger partial charge in [0.05, 0.1) is 11.2 Å². The molecule has 3 aromatic rings. The van der Waals surface area contributed by atoms with Crippen LogP contribution in [0.3, 0.4) is 0 Å². The van der Waals surface area contributed by atoms with E-state index in [2.05, 4.69) is 15.8 Å². The van der Waals surface area contributed by atoms with Gasteiger partial charge in [-0.3, -0.25) is 9.59 Å². The van der Waals surface area contributed by atoms with Gasteiger partial charge in [0.2, 0.25) is 0 Å². The van der Waals surface area contributed by atoms with E-state index in [9.17, 15) is 14.0 Å². The topological polar surface area (TPSA) is 79.8 Å². The van der Waals surface area contributed by atoms with Crippen LogP contribution in [0.2, 0.25) is 15.1 Å². The first-order valence-electron chi connectivity index (χ1n) is 9.50. The summed E-state index contributed by atoms with van der Waals surface area (Å²) >= 11 is 18.1. The Kier molecular flexibility index (Phi) is 8.27. The second-order valence-corrected chi connectivity index (χ2v) is 8.04. The number of nitrogens with one attached hydrogen (secondary N) is 2. The molecule has 0 bridgehead atoms.